The summed E-state index contributed by atoms with van der Waals surface area (Å²) >= 11 is 11.2. The summed E-state index contributed by atoms with van der Waals surface area (Å²) < 4.78 is 9.33. The highest BCUT2D eigenvalue weighted by molar-refractivity contribution is 6.32. The number of ether oxygens (including phenoxy) is 2. The van der Waals surface area contributed by atoms with Crippen LogP contribution in [0.5, 0.6) is 5.75 Å². The second kappa shape index (κ2) is 5.08. The highest BCUT2D eigenvalue weighted by atomic mass is 35.5. The van der Waals surface area contributed by atoms with Crippen molar-refractivity contribution in [3.8, 4) is 5.75 Å². The molecule has 0 saturated heterocycles. The van der Waals surface area contributed by atoms with Crippen LogP contribution in [0.15, 0.2) is 24.3 Å². The molecular formula is C9H8Cl2O3. The van der Waals surface area contributed by atoms with Gasteiger partial charge in [-0.2, -0.15) is 0 Å². The number of carbonyl (C=O) groups is 1. The van der Waals surface area contributed by atoms with Crippen molar-refractivity contribution in [2.75, 3.05) is 0 Å². The molecule has 0 amide bonds. The minimum absolute atomic E-state index is 0.247. The smallest absolute Gasteiger partial charge is 0.415 e. The molecule has 0 N–H and O–H groups in total. The Kier molecular flexibility index (Phi) is 4.04. The molecule has 0 aliphatic heterocycles. The molecule has 0 saturated carbocycles. The predicted molar refractivity (Wildman–Crippen MR) is 53.9 cm³/mol. The first-order valence-electron chi connectivity index (χ1n) is 3.86. The lowest BCUT2D eigenvalue weighted by Crippen LogP contribution is -2.14. The number of alkyl halides is 1. The van der Waals surface area contributed by atoms with Crippen molar-refractivity contribution in [3.63, 3.8) is 0 Å². The first-order chi connectivity index (χ1) is 6.59. The number of carbonyl (C=O) groups excluding carboxylic acids is 1. The number of rotatable bonds is 2. The first-order valence-corrected chi connectivity index (χ1v) is 4.68. The Balaban J connectivity index is 2.61. The quantitative estimate of drug-likeness (QED) is 0.447. The van der Waals surface area contributed by atoms with E-state index in [9.17, 15) is 4.79 Å². The predicted octanol–water partition coefficient (Wildman–Crippen LogP) is 3.44. The Labute approximate surface area is 91.5 Å². The monoisotopic (exact) mass is 234 g/mol. The Morgan fingerprint density at radius 1 is 1.43 bits per heavy atom. The van der Waals surface area contributed by atoms with Crippen LogP contribution in [0.25, 0.3) is 0 Å². The van der Waals surface area contributed by atoms with E-state index in [1.807, 2.05) is 0 Å². The molecule has 0 bridgehead atoms. The van der Waals surface area contributed by atoms with Crippen molar-refractivity contribution in [3.05, 3.63) is 29.3 Å². The zero-order valence-corrected chi connectivity index (χ0v) is 8.88. The molecule has 0 fully saturated rings. The summed E-state index contributed by atoms with van der Waals surface area (Å²) in [5, 5.41) is 0.340. The number of hydrogen-bond donors (Lipinski definition) is 0. The zero-order chi connectivity index (χ0) is 10.6. The largest absolute Gasteiger partial charge is 0.515 e. The van der Waals surface area contributed by atoms with Crippen molar-refractivity contribution >= 4 is 29.4 Å². The SMILES string of the molecule is C[C@@H](Cl)OC(=O)Oc1ccccc1Cl. The fourth-order valence-corrected chi connectivity index (χ4v) is 1.02. The van der Waals surface area contributed by atoms with E-state index < -0.39 is 11.7 Å². The first kappa shape index (κ1) is 11.1. The lowest BCUT2D eigenvalue weighted by Gasteiger charge is -2.07. The minimum Gasteiger partial charge on any atom is -0.415 e. The molecule has 0 unspecified atom stereocenters. The molecule has 14 heavy (non-hydrogen) atoms. The topological polar surface area (TPSA) is 35.5 Å². The standard InChI is InChI=1S/C9H8Cl2O3/c1-6(10)13-9(12)14-8-5-3-2-4-7(8)11/h2-6H,1H3/t6-/m0/s1. The molecule has 0 heterocycles. The van der Waals surface area contributed by atoms with Crippen LogP contribution in [0.2, 0.25) is 5.02 Å². The molecule has 1 rings (SSSR count). The summed E-state index contributed by atoms with van der Waals surface area (Å²) in [7, 11) is 0. The van der Waals surface area contributed by atoms with E-state index in [2.05, 4.69) is 4.74 Å². The Morgan fingerprint density at radius 2 is 2.07 bits per heavy atom. The molecule has 0 aromatic heterocycles. The molecule has 76 valence electrons. The minimum atomic E-state index is -0.874. The van der Waals surface area contributed by atoms with Gasteiger partial charge in [0.25, 0.3) is 0 Å². The van der Waals surface area contributed by atoms with Crippen LogP contribution < -0.4 is 4.74 Å². The normalized spacial score (nSPS) is 11.9. The molecule has 5 heteroatoms. The van der Waals surface area contributed by atoms with Gasteiger partial charge in [-0.15, -0.1) is 0 Å². The van der Waals surface area contributed by atoms with E-state index in [-0.39, 0.29) is 5.75 Å². The summed E-state index contributed by atoms with van der Waals surface area (Å²) in [4.78, 5) is 11.0. The maximum atomic E-state index is 11.0. The fraction of sp³-hybridized carbons (Fsp3) is 0.222. The van der Waals surface area contributed by atoms with Gasteiger partial charge in [-0.3, -0.25) is 0 Å². The molecule has 0 spiro atoms. The van der Waals surface area contributed by atoms with Crippen LogP contribution >= 0.6 is 23.2 Å². The molecule has 3 nitrogen and oxygen atoms in total. The molecule has 0 aliphatic carbocycles. The van der Waals surface area contributed by atoms with Gasteiger partial charge in [0.1, 0.15) is 0 Å². The van der Waals surface area contributed by atoms with Gasteiger partial charge in [0, 0.05) is 0 Å². The Bertz CT molecular complexity index is 326. The molecule has 1 aromatic rings. The molecule has 0 radical (unpaired) electrons. The molecule has 1 aromatic carbocycles. The molecular weight excluding hydrogens is 227 g/mol. The summed E-state index contributed by atoms with van der Waals surface area (Å²) in [5.41, 5.74) is -0.731. The van der Waals surface area contributed by atoms with Gasteiger partial charge in [0.15, 0.2) is 11.3 Å². The van der Waals surface area contributed by atoms with Crippen LogP contribution in [0.4, 0.5) is 4.79 Å². The Hall–Kier alpha value is -0.930. The Morgan fingerprint density at radius 3 is 2.64 bits per heavy atom. The van der Waals surface area contributed by atoms with Crippen molar-refractivity contribution in [2.24, 2.45) is 0 Å². The van der Waals surface area contributed by atoms with E-state index in [0.29, 0.717) is 5.02 Å². The summed E-state index contributed by atoms with van der Waals surface area (Å²) in [6.07, 6.45) is -0.874. The van der Waals surface area contributed by atoms with Gasteiger partial charge in [0.05, 0.1) is 5.02 Å². The van der Waals surface area contributed by atoms with Gasteiger partial charge in [0.2, 0.25) is 0 Å². The van der Waals surface area contributed by atoms with E-state index in [1.54, 1.807) is 24.3 Å². The van der Waals surface area contributed by atoms with Gasteiger partial charge in [-0.05, 0) is 19.1 Å². The number of halogens is 2. The number of para-hydroxylation sites is 1. The van der Waals surface area contributed by atoms with Crippen LogP contribution in [0.3, 0.4) is 0 Å². The molecule has 0 aliphatic rings. The van der Waals surface area contributed by atoms with E-state index in [4.69, 9.17) is 27.9 Å². The van der Waals surface area contributed by atoms with Crippen molar-refractivity contribution in [1.82, 2.24) is 0 Å². The van der Waals surface area contributed by atoms with Crippen molar-refractivity contribution in [1.29, 1.82) is 0 Å². The van der Waals surface area contributed by atoms with Gasteiger partial charge < -0.3 is 9.47 Å². The second-order valence-corrected chi connectivity index (χ2v) is 3.47. The van der Waals surface area contributed by atoms with E-state index in [1.165, 1.54) is 6.92 Å². The molecule has 1 atom stereocenters. The lowest BCUT2D eigenvalue weighted by molar-refractivity contribution is 0.0924. The lowest BCUT2D eigenvalue weighted by atomic mass is 10.3. The van der Waals surface area contributed by atoms with Crippen LogP contribution in [0, 0.1) is 0 Å². The fourth-order valence-electron chi connectivity index (χ4n) is 0.774. The maximum Gasteiger partial charge on any atom is 0.515 e. The zero-order valence-electron chi connectivity index (χ0n) is 7.37. The average molecular weight is 235 g/mol. The number of benzene rings is 1. The van der Waals surface area contributed by atoms with Crippen LogP contribution in [-0.4, -0.2) is 11.7 Å². The van der Waals surface area contributed by atoms with E-state index in [0.717, 1.165) is 0 Å². The third kappa shape index (κ3) is 3.44. The van der Waals surface area contributed by atoms with Gasteiger partial charge in [-0.25, -0.2) is 4.79 Å². The maximum absolute atomic E-state index is 11.0. The number of hydrogen-bond acceptors (Lipinski definition) is 3. The van der Waals surface area contributed by atoms with Crippen LogP contribution in [0.1, 0.15) is 6.92 Å². The van der Waals surface area contributed by atoms with E-state index >= 15 is 0 Å². The summed E-state index contributed by atoms with van der Waals surface area (Å²) in [5.74, 6) is 0.247. The third-order valence-electron chi connectivity index (χ3n) is 1.29. The average Bonchev–Trinajstić information content (AvgIpc) is 2.07. The van der Waals surface area contributed by atoms with Crippen LogP contribution in [-0.2, 0) is 4.74 Å². The summed E-state index contributed by atoms with van der Waals surface area (Å²) in [6, 6.07) is 6.58. The van der Waals surface area contributed by atoms with Gasteiger partial charge >= 0.3 is 6.16 Å². The van der Waals surface area contributed by atoms with Crippen molar-refractivity contribution in [2.45, 2.75) is 12.5 Å². The second-order valence-electron chi connectivity index (χ2n) is 2.44. The van der Waals surface area contributed by atoms with Gasteiger partial charge in [-0.1, -0.05) is 35.3 Å². The van der Waals surface area contributed by atoms with Crippen molar-refractivity contribution < 1.29 is 14.3 Å². The third-order valence-corrected chi connectivity index (χ3v) is 1.69. The highest BCUT2D eigenvalue weighted by Crippen LogP contribution is 2.23. The summed E-state index contributed by atoms with van der Waals surface area (Å²) in [6.45, 7) is 1.51. The highest BCUT2D eigenvalue weighted by Gasteiger charge is 2.10.